The quantitative estimate of drug-likeness (QED) is 0.644. The molecule has 5 heteroatoms. The van der Waals surface area contributed by atoms with E-state index in [2.05, 4.69) is 24.5 Å². The van der Waals surface area contributed by atoms with Crippen LogP contribution in [0.2, 0.25) is 0 Å². The fourth-order valence-electron chi connectivity index (χ4n) is 3.88. The number of benzene rings is 2. The first-order valence-electron chi connectivity index (χ1n) is 11.0. The summed E-state index contributed by atoms with van der Waals surface area (Å²) in [7, 11) is 0. The standard InChI is InChI=1S/C25H33FN2O2/c1-18(2)17-30-23-9-5-20(6-10-23)16-28-25(29)24(21-11-13-27-14-12-21)15-19-3-7-22(26)8-4-19/h3-10,18,21,24,27H,11-17H2,1-2H3,(H,28,29). The highest BCUT2D eigenvalue weighted by Gasteiger charge is 2.29. The van der Waals surface area contributed by atoms with E-state index in [4.69, 9.17) is 4.74 Å². The van der Waals surface area contributed by atoms with Crippen LogP contribution in [0.4, 0.5) is 4.39 Å². The first-order chi connectivity index (χ1) is 14.5. The Morgan fingerprint density at radius 3 is 2.33 bits per heavy atom. The normalized spacial score (nSPS) is 15.7. The number of amides is 1. The number of carbonyl (C=O) groups excluding carboxylic acids is 1. The lowest BCUT2D eigenvalue weighted by molar-refractivity contribution is -0.127. The van der Waals surface area contributed by atoms with E-state index in [1.165, 1.54) is 12.1 Å². The summed E-state index contributed by atoms with van der Waals surface area (Å²) in [5.74, 6) is 1.39. The van der Waals surface area contributed by atoms with Gasteiger partial charge in [-0.05, 0) is 79.6 Å². The van der Waals surface area contributed by atoms with Gasteiger partial charge in [-0.25, -0.2) is 4.39 Å². The lowest BCUT2D eigenvalue weighted by Gasteiger charge is -2.30. The van der Waals surface area contributed by atoms with Crippen LogP contribution >= 0.6 is 0 Å². The summed E-state index contributed by atoms with van der Waals surface area (Å²) < 4.78 is 19.0. The Morgan fingerprint density at radius 1 is 1.07 bits per heavy atom. The molecule has 1 heterocycles. The molecule has 0 bridgehead atoms. The van der Waals surface area contributed by atoms with Crippen LogP contribution in [0.25, 0.3) is 0 Å². The lowest BCUT2D eigenvalue weighted by Crippen LogP contribution is -2.40. The van der Waals surface area contributed by atoms with Gasteiger partial charge in [-0.1, -0.05) is 38.1 Å². The van der Waals surface area contributed by atoms with E-state index in [0.717, 1.165) is 42.8 Å². The number of ether oxygens (including phenoxy) is 1. The zero-order chi connectivity index (χ0) is 21.3. The SMILES string of the molecule is CC(C)COc1ccc(CNC(=O)C(Cc2ccc(F)cc2)C2CCNCC2)cc1. The molecule has 1 aliphatic rings. The van der Waals surface area contributed by atoms with E-state index in [0.29, 0.717) is 31.4 Å². The van der Waals surface area contributed by atoms with Gasteiger partial charge in [0.25, 0.3) is 0 Å². The molecule has 1 unspecified atom stereocenters. The molecular formula is C25H33FN2O2. The van der Waals surface area contributed by atoms with Gasteiger partial charge in [0, 0.05) is 12.5 Å². The summed E-state index contributed by atoms with van der Waals surface area (Å²) in [5.41, 5.74) is 2.05. The highest BCUT2D eigenvalue weighted by atomic mass is 19.1. The van der Waals surface area contributed by atoms with E-state index >= 15 is 0 Å². The molecule has 3 rings (SSSR count). The third-order valence-corrected chi connectivity index (χ3v) is 5.63. The number of piperidine rings is 1. The van der Waals surface area contributed by atoms with Crippen LogP contribution in [-0.4, -0.2) is 25.6 Å². The number of rotatable bonds is 9. The molecule has 1 aliphatic heterocycles. The van der Waals surface area contributed by atoms with Crippen molar-refractivity contribution in [3.63, 3.8) is 0 Å². The maximum Gasteiger partial charge on any atom is 0.223 e. The summed E-state index contributed by atoms with van der Waals surface area (Å²) in [6.07, 6.45) is 2.61. The average molecular weight is 413 g/mol. The maximum atomic E-state index is 13.3. The van der Waals surface area contributed by atoms with Gasteiger partial charge in [-0.2, -0.15) is 0 Å². The second-order valence-corrected chi connectivity index (χ2v) is 8.59. The second kappa shape index (κ2) is 11.1. The molecule has 2 aromatic rings. The van der Waals surface area contributed by atoms with Crippen molar-refractivity contribution in [3.05, 3.63) is 65.5 Å². The number of halogens is 1. The van der Waals surface area contributed by atoms with E-state index in [1.54, 1.807) is 12.1 Å². The molecular weight excluding hydrogens is 379 g/mol. The first-order valence-corrected chi connectivity index (χ1v) is 11.0. The van der Waals surface area contributed by atoms with Crippen LogP contribution in [0.1, 0.15) is 37.8 Å². The number of nitrogens with one attached hydrogen (secondary N) is 2. The summed E-state index contributed by atoms with van der Waals surface area (Å²) in [5, 5.41) is 6.49. The lowest BCUT2D eigenvalue weighted by atomic mass is 9.80. The van der Waals surface area contributed by atoms with E-state index in [1.807, 2.05) is 24.3 Å². The van der Waals surface area contributed by atoms with Gasteiger partial charge in [0.1, 0.15) is 11.6 Å². The molecule has 0 aliphatic carbocycles. The number of carbonyl (C=O) groups is 1. The minimum absolute atomic E-state index is 0.0753. The van der Waals surface area contributed by atoms with Gasteiger partial charge < -0.3 is 15.4 Å². The van der Waals surface area contributed by atoms with Gasteiger partial charge in [0.15, 0.2) is 0 Å². The predicted octanol–water partition coefficient (Wildman–Crippen LogP) is 4.34. The largest absolute Gasteiger partial charge is 0.493 e. The maximum absolute atomic E-state index is 13.3. The molecule has 4 nitrogen and oxygen atoms in total. The van der Waals surface area contributed by atoms with Crippen LogP contribution < -0.4 is 15.4 Å². The molecule has 0 saturated carbocycles. The third-order valence-electron chi connectivity index (χ3n) is 5.63. The van der Waals surface area contributed by atoms with E-state index < -0.39 is 0 Å². The molecule has 2 N–H and O–H groups in total. The van der Waals surface area contributed by atoms with Crippen molar-refractivity contribution in [2.24, 2.45) is 17.8 Å². The minimum Gasteiger partial charge on any atom is -0.493 e. The summed E-state index contributed by atoms with van der Waals surface area (Å²) in [6.45, 7) is 7.31. The molecule has 2 aromatic carbocycles. The molecule has 0 aromatic heterocycles. The van der Waals surface area contributed by atoms with Gasteiger partial charge >= 0.3 is 0 Å². The summed E-state index contributed by atoms with van der Waals surface area (Å²) in [4.78, 5) is 13.1. The Labute approximate surface area is 179 Å². The average Bonchev–Trinajstić information content (AvgIpc) is 2.77. The molecule has 0 spiro atoms. The number of hydrogen-bond acceptors (Lipinski definition) is 3. The molecule has 1 amide bonds. The Kier molecular flexibility index (Phi) is 8.26. The predicted molar refractivity (Wildman–Crippen MR) is 118 cm³/mol. The Balaban J connectivity index is 1.60. The van der Waals surface area contributed by atoms with Crippen molar-refractivity contribution in [3.8, 4) is 5.75 Å². The number of hydrogen-bond donors (Lipinski definition) is 2. The highest BCUT2D eigenvalue weighted by molar-refractivity contribution is 5.79. The Morgan fingerprint density at radius 2 is 1.70 bits per heavy atom. The molecule has 162 valence electrons. The fraction of sp³-hybridized carbons (Fsp3) is 0.480. The van der Waals surface area contributed by atoms with Crippen LogP contribution in [0.3, 0.4) is 0 Å². The van der Waals surface area contributed by atoms with Crippen molar-refractivity contribution in [1.29, 1.82) is 0 Å². The van der Waals surface area contributed by atoms with Gasteiger partial charge in [0.2, 0.25) is 5.91 Å². The Hall–Kier alpha value is -2.40. The third kappa shape index (κ3) is 6.84. The summed E-state index contributed by atoms with van der Waals surface area (Å²) >= 11 is 0. The van der Waals surface area contributed by atoms with Crippen molar-refractivity contribution < 1.29 is 13.9 Å². The summed E-state index contributed by atoms with van der Waals surface area (Å²) in [6, 6.07) is 14.4. The Bertz CT molecular complexity index is 784. The smallest absolute Gasteiger partial charge is 0.223 e. The zero-order valence-electron chi connectivity index (χ0n) is 18.0. The van der Waals surface area contributed by atoms with Crippen LogP contribution in [0.5, 0.6) is 5.75 Å². The van der Waals surface area contributed by atoms with Crippen molar-refractivity contribution in [2.75, 3.05) is 19.7 Å². The zero-order valence-corrected chi connectivity index (χ0v) is 18.0. The molecule has 1 saturated heterocycles. The van der Waals surface area contributed by atoms with Gasteiger partial charge in [-0.3, -0.25) is 4.79 Å². The van der Waals surface area contributed by atoms with Crippen molar-refractivity contribution in [2.45, 2.75) is 39.7 Å². The monoisotopic (exact) mass is 412 g/mol. The molecule has 1 atom stereocenters. The molecule has 30 heavy (non-hydrogen) atoms. The van der Waals surface area contributed by atoms with Gasteiger partial charge in [-0.15, -0.1) is 0 Å². The van der Waals surface area contributed by atoms with Crippen molar-refractivity contribution >= 4 is 5.91 Å². The van der Waals surface area contributed by atoms with Gasteiger partial charge in [0.05, 0.1) is 6.61 Å². The second-order valence-electron chi connectivity index (χ2n) is 8.59. The molecule has 0 radical (unpaired) electrons. The van der Waals surface area contributed by atoms with E-state index in [9.17, 15) is 9.18 Å². The van der Waals surface area contributed by atoms with E-state index in [-0.39, 0.29) is 17.6 Å². The molecule has 1 fully saturated rings. The van der Waals surface area contributed by atoms with Crippen LogP contribution in [0.15, 0.2) is 48.5 Å². The fourth-order valence-corrected chi connectivity index (χ4v) is 3.88. The van der Waals surface area contributed by atoms with Crippen molar-refractivity contribution in [1.82, 2.24) is 10.6 Å². The highest BCUT2D eigenvalue weighted by Crippen LogP contribution is 2.26. The first kappa shape index (κ1) is 22.3. The van der Waals surface area contributed by atoms with Crippen LogP contribution in [-0.2, 0) is 17.8 Å². The topological polar surface area (TPSA) is 50.4 Å². The minimum atomic E-state index is -0.248. The van der Waals surface area contributed by atoms with Crippen LogP contribution in [0, 0.1) is 23.6 Å².